The standard InChI is InChI=1S/C7H10N2O2S/c1-9(2)3-6-8-5(4-12-6)7(10)11/h4H,3H2,1-2H3,(H,10,11). The van der Waals surface area contributed by atoms with Crippen molar-refractivity contribution in [2.75, 3.05) is 14.1 Å². The summed E-state index contributed by atoms with van der Waals surface area (Å²) in [6.45, 7) is 0.692. The van der Waals surface area contributed by atoms with Crippen LogP contribution in [0.5, 0.6) is 0 Å². The van der Waals surface area contributed by atoms with Crippen LogP contribution in [0.4, 0.5) is 0 Å². The molecule has 0 bridgehead atoms. The molecule has 1 rings (SSSR count). The Bertz CT molecular complexity index is 283. The third-order valence-electron chi connectivity index (χ3n) is 1.22. The van der Waals surface area contributed by atoms with Gasteiger partial charge < -0.3 is 10.0 Å². The summed E-state index contributed by atoms with van der Waals surface area (Å²) in [5.74, 6) is -0.962. The number of rotatable bonds is 3. The van der Waals surface area contributed by atoms with Crippen LogP contribution in [0.25, 0.3) is 0 Å². The highest BCUT2D eigenvalue weighted by atomic mass is 32.1. The Balaban J connectivity index is 2.71. The number of aromatic carboxylic acids is 1. The van der Waals surface area contributed by atoms with Crippen LogP contribution >= 0.6 is 11.3 Å². The summed E-state index contributed by atoms with van der Waals surface area (Å²) in [6.07, 6.45) is 0. The van der Waals surface area contributed by atoms with Crippen molar-refractivity contribution in [3.63, 3.8) is 0 Å². The lowest BCUT2D eigenvalue weighted by atomic mass is 10.5. The molecule has 0 spiro atoms. The minimum Gasteiger partial charge on any atom is -0.476 e. The number of carboxylic acid groups (broad SMARTS) is 1. The first-order chi connectivity index (χ1) is 5.59. The van der Waals surface area contributed by atoms with Crippen molar-refractivity contribution in [3.8, 4) is 0 Å². The second-order valence-electron chi connectivity index (χ2n) is 2.67. The highest BCUT2D eigenvalue weighted by Crippen LogP contribution is 2.10. The van der Waals surface area contributed by atoms with Crippen molar-refractivity contribution in [1.29, 1.82) is 0 Å². The molecular weight excluding hydrogens is 176 g/mol. The van der Waals surface area contributed by atoms with Gasteiger partial charge in [0.15, 0.2) is 5.69 Å². The lowest BCUT2D eigenvalue weighted by Crippen LogP contribution is -2.10. The van der Waals surface area contributed by atoms with E-state index in [1.165, 1.54) is 11.3 Å². The van der Waals surface area contributed by atoms with Crippen LogP contribution in [0.1, 0.15) is 15.5 Å². The quantitative estimate of drug-likeness (QED) is 0.762. The zero-order valence-corrected chi connectivity index (χ0v) is 7.76. The molecule has 0 saturated carbocycles. The smallest absolute Gasteiger partial charge is 0.355 e. The molecular formula is C7H10N2O2S. The van der Waals surface area contributed by atoms with Crippen LogP contribution in [0, 0.1) is 0 Å². The van der Waals surface area contributed by atoms with Gasteiger partial charge in [0.25, 0.3) is 0 Å². The second-order valence-corrected chi connectivity index (χ2v) is 3.61. The van der Waals surface area contributed by atoms with Crippen molar-refractivity contribution in [2.24, 2.45) is 0 Å². The van der Waals surface area contributed by atoms with Gasteiger partial charge in [-0.2, -0.15) is 0 Å². The predicted octanol–water partition coefficient (Wildman–Crippen LogP) is 0.903. The SMILES string of the molecule is CN(C)Cc1nc(C(=O)O)cs1. The van der Waals surface area contributed by atoms with E-state index in [4.69, 9.17) is 5.11 Å². The highest BCUT2D eigenvalue weighted by Gasteiger charge is 2.08. The van der Waals surface area contributed by atoms with Crippen molar-refractivity contribution < 1.29 is 9.90 Å². The molecule has 0 aliphatic heterocycles. The van der Waals surface area contributed by atoms with Crippen LogP contribution in [0.3, 0.4) is 0 Å². The van der Waals surface area contributed by atoms with Gasteiger partial charge in [-0.15, -0.1) is 11.3 Å². The number of aromatic nitrogens is 1. The first-order valence-electron chi connectivity index (χ1n) is 3.42. The molecule has 0 aromatic carbocycles. The molecule has 0 radical (unpaired) electrons. The predicted molar refractivity (Wildman–Crippen MR) is 46.5 cm³/mol. The Morgan fingerprint density at radius 2 is 2.42 bits per heavy atom. The third kappa shape index (κ3) is 2.28. The molecule has 0 atom stereocenters. The molecule has 1 N–H and O–H groups in total. The maximum Gasteiger partial charge on any atom is 0.355 e. The van der Waals surface area contributed by atoms with Crippen molar-refractivity contribution in [2.45, 2.75) is 6.54 Å². The summed E-state index contributed by atoms with van der Waals surface area (Å²) in [6, 6.07) is 0. The van der Waals surface area contributed by atoms with Gasteiger partial charge in [-0.25, -0.2) is 9.78 Å². The Morgan fingerprint density at radius 3 is 2.83 bits per heavy atom. The van der Waals surface area contributed by atoms with Crippen molar-refractivity contribution in [1.82, 2.24) is 9.88 Å². The fourth-order valence-corrected chi connectivity index (χ4v) is 1.64. The number of hydrogen-bond acceptors (Lipinski definition) is 4. The summed E-state index contributed by atoms with van der Waals surface area (Å²) in [4.78, 5) is 16.3. The van der Waals surface area contributed by atoms with E-state index in [1.54, 1.807) is 5.38 Å². The summed E-state index contributed by atoms with van der Waals surface area (Å²) in [5, 5.41) is 11.0. The van der Waals surface area contributed by atoms with Crippen LogP contribution in [-0.2, 0) is 6.54 Å². The van der Waals surface area contributed by atoms with Gasteiger partial charge >= 0.3 is 5.97 Å². The van der Waals surface area contributed by atoms with E-state index in [-0.39, 0.29) is 5.69 Å². The number of carboxylic acids is 1. The fourth-order valence-electron chi connectivity index (χ4n) is 0.752. The Hall–Kier alpha value is -0.940. The molecule has 1 heterocycles. The van der Waals surface area contributed by atoms with Gasteiger partial charge in [0, 0.05) is 11.9 Å². The molecule has 0 amide bonds. The zero-order chi connectivity index (χ0) is 9.14. The zero-order valence-electron chi connectivity index (χ0n) is 6.94. The van der Waals surface area contributed by atoms with E-state index in [0.717, 1.165) is 5.01 Å². The molecule has 0 aliphatic carbocycles. The fraction of sp³-hybridized carbons (Fsp3) is 0.429. The average molecular weight is 186 g/mol. The van der Waals surface area contributed by atoms with E-state index < -0.39 is 5.97 Å². The Kier molecular flexibility index (Phi) is 2.78. The van der Waals surface area contributed by atoms with Gasteiger partial charge in [0.05, 0.1) is 0 Å². The summed E-state index contributed by atoms with van der Waals surface area (Å²) >= 11 is 1.37. The molecule has 1 aromatic rings. The van der Waals surface area contributed by atoms with Crippen molar-refractivity contribution in [3.05, 3.63) is 16.1 Å². The Morgan fingerprint density at radius 1 is 1.75 bits per heavy atom. The number of hydrogen-bond donors (Lipinski definition) is 1. The molecule has 66 valence electrons. The van der Waals surface area contributed by atoms with E-state index in [0.29, 0.717) is 6.54 Å². The lowest BCUT2D eigenvalue weighted by molar-refractivity contribution is 0.0691. The maximum absolute atomic E-state index is 10.4. The minimum atomic E-state index is -0.962. The van der Waals surface area contributed by atoms with Gasteiger partial charge in [-0.05, 0) is 14.1 Å². The molecule has 4 nitrogen and oxygen atoms in total. The molecule has 0 fully saturated rings. The Labute approximate surface area is 74.5 Å². The first kappa shape index (κ1) is 9.15. The monoisotopic (exact) mass is 186 g/mol. The number of thiazole rings is 1. The lowest BCUT2D eigenvalue weighted by Gasteiger charge is -2.04. The largest absolute Gasteiger partial charge is 0.476 e. The molecule has 0 saturated heterocycles. The topological polar surface area (TPSA) is 53.4 Å². The molecule has 1 aromatic heterocycles. The van der Waals surface area contributed by atoms with Gasteiger partial charge in [0.1, 0.15) is 5.01 Å². The highest BCUT2D eigenvalue weighted by molar-refractivity contribution is 7.09. The molecule has 0 aliphatic rings. The van der Waals surface area contributed by atoms with Gasteiger partial charge in [-0.1, -0.05) is 0 Å². The first-order valence-corrected chi connectivity index (χ1v) is 4.30. The van der Waals surface area contributed by atoms with E-state index >= 15 is 0 Å². The van der Waals surface area contributed by atoms with E-state index in [2.05, 4.69) is 4.98 Å². The van der Waals surface area contributed by atoms with E-state index in [9.17, 15) is 4.79 Å². The van der Waals surface area contributed by atoms with E-state index in [1.807, 2.05) is 19.0 Å². The molecule has 12 heavy (non-hydrogen) atoms. The normalized spacial score (nSPS) is 10.6. The van der Waals surface area contributed by atoms with Gasteiger partial charge in [0.2, 0.25) is 0 Å². The van der Waals surface area contributed by atoms with Crippen LogP contribution in [0.15, 0.2) is 5.38 Å². The average Bonchev–Trinajstić information content (AvgIpc) is 2.34. The number of carbonyl (C=O) groups is 1. The van der Waals surface area contributed by atoms with Crippen LogP contribution < -0.4 is 0 Å². The maximum atomic E-state index is 10.4. The third-order valence-corrected chi connectivity index (χ3v) is 2.06. The second kappa shape index (κ2) is 3.64. The molecule has 0 unspecified atom stereocenters. The number of nitrogens with zero attached hydrogens (tertiary/aromatic N) is 2. The summed E-state index contributed by atoms with van der Waals surface area (Å²) in [5.41, 5.74) is 0.136. The van der Waals surface area contributed by atoms with Crippen LogP contribution in [0.2, 0.25) is 0 Å². The molecule has 5 heteroatoms. The van der Waals surface area contributed by atoms with Crippen molar-refractivity contribution >= 4 is 17.3 Å². The van der Waals surface area contributed by atoms with Gasteiger partial charge in [-0.3, -0.25) is 0 Å². The summed E-state index contributed by atoms with van der Waals surface area (Å²) < 4.78 is 0. The minimum absolute atomic E-state index is 0.136. The van der Waals surface area contributed by atoms with Crippen LogP contribution in [-0.4, -0.2) is 35.1 Å². The summed E-state index contributed by atoms with van der Waals surface area (Å²) in [7, 11) is 3.84.